The Labute approximate surface area is 174 Å². The van der Waals surface area contributed by atoms with Crippen LogP contribution in [-0.2, 0) is 14.3 Å². The van der Waals surface area contributed by atoms with Gasteiger partial charge in [-0.05, 0) is 38.1 Å². The molecule has 0 saturated heterocycles. The Morgan fingerprint density at radius 2 is 1.90 bits per heavy atom. The van der Waals surface area contributed by atoms with Crippen molar-refractivity contribution in [3.8, 4) is 0 Å². The Hall–Kier alpha value is -3.74. The lowest BCUT2D eigenvalue weighted by molar-refractivity contribution is -0.135. The largest absolute Gasteiger partial charge is 0.461 e. The number of carbonyl (C=O) groups excluding carboxylic acids is 2. The summed E-state index contributed by atoms with van der Waals surface area (Å²) in [4.78, 5) is 30.1. The summed E-state index contributed by atoms with van der Waals surface area (Å²) in [6.07, 6.45) is 0.163. The molecule has 1 N–H and O–H groups in total. The summed E-state index contributed by atoms with van der Waals surface area (Å²) in [5.41, 5.74) is 3.17. The third-order valence-electron chi connectivity index (χ3n) is 4.86. The van der Waals surface area contributed by atoms with Gasteiger partial charge in [0.2, 0.25) is 5.91 Å². The number of benzene rings is 2. The molecule has 0 radical (unpaired) electrons. The minimum absolute atomic E-state index is 0.163. The van der Waals surface area contributed by atoms with Crippen LogP contribution in [-0.4, -0.2) is 35.2 Å². The number of aromatic nitrogens is 1. The Bertz CT molecular complexity index is 1130. The van der Waals surface area contributed by atoms with Gasteiger partial charge in [-0.1, -0.05) is 36.4 Å². The van der Waals surface area contributed by atoms with E-state index in [2.05, 4.69) is 15.4 Å². The number of nitrogens with one attached hydrogen (secondary N) is 1. The predicted octanol–water partition coefficient (Wildman–Crippen LogP) is 3.68. The maximum Gasteiger partial charge on any atom is 0.354 e. The molecule has 7 heteroatoms. The number of ether oxygens (including phenoxy) is 1. The Kier molecular flexibility index (Phi) is 5.43. The van der Waals surface area contributed by atoms with Crippen molar-refractivity contribution in [2.75, 3.05) is 16.9 Å². The molecule has 0 saturated carbocycles. The third-order valence-corrected chi connectivity index (χ3v) is 4.86. The normalized spacial score (nSPS) is 15.7. The molecule has 1 unspecified atom stereocenters. The van der Waals surface area contributed by atoms with Gasteiger partial charge in [0.15, 0.2) is 0 Å². The van der Waals surface area contributed by atoms with Gasteiger partial charge >= 0.3 is 5.97 Å². The standard InChI is InChI=1S/C23H22N4O3/c1-3-30-23(29)19-14-20(27(26-19)17-9-5-4-6-10-17)22(28)25-18-11-7-8-16-13-12-15(2)24-21(16)18/h4-13,20H,3,14H2,1-2H3,(H,25,28). The van der Waals surface area contributed by atoms with E-state index in [1.54, 1.807) is 11.9 Å². The van der Waals surface area contributed by atoms with Crippen LogP contribution in [0.15, 0.2) is 65.8 Å². The van der Waals surface area contributed by atoms with E-state index in [9.17, 15) is 9.59 Å². The number of aryl methyl sites for hydroxylation is 1. The highest BCUT2D eigenvalue weighted by Gasteiger charge is 2.37. The molecule has 1 amide bonds. The molecule has 7 nitrogen and oxygen atoms in total. The maximum absolute atomic E-state index is 13.2. The molecule has 1 aliphatic rings. The van der Waals surface area contributed by atoms with Crippen molar-refractivity contribution in [3.05, 3.63) is 66.4 Å². The molecule has 4 rings (SSSR count). The molecule has 152 valence electrons. The van der Waals surface area contributed by atoms with E-state index in [-0.39, 0.29) is 24.6 Å². The summed E-state index contributed by atoms with van der Waals surface area (Å²) in [6.45, 7) is 3.90. The van der Waals surface area contributed by atoms with E-state index in [1.807, 2.05) is 67.6 Å². The second-order valence-electron chi connectivity index (χ2n) is 6.99. The number of amides is 1. The highest BCUT2D eigenvalue weighted by Crippen LogP contribution is 2.27. The van der Waals surface area contributed by atoms with E-state index < -0.39 is 12.0 Å². The molecule has 3 aromatic rings. The number of fused-ring (bicyclic) bond motifs is 1. The molecule has 2 heterocycles. The average molecular weight is 402 g/mol. The van der Waals surface area contributed by atoms with Crippen LogP contribution >= 0.6 is 0 Å². The van der Waals surface area contributed by atoms with E-state index in [0.717, 1.165) is 22.3 Å². The molecular formula is C23H22N4O3. The zero-order valence-corrected chi connectivity index (χ0v) is 16.8. The monoisotopic (exact) mass is 402 g/mol. The fourth-order valence-electron chi connectivity index (χ4n) is 3.43. The van der Waals surface area contributed by atoms with E-state index in [0.29, 0.717) is 5.69 Å². The molecule has 0 aliphatic carbocycles. The summed E-state index contributed by atoms with van der Waals surface area (Å²) in [5, 5.41) is 9.89. The third kappa shape index (κ3) is 3.87. The number of esters is 1. The van der Waals surface area contributed by atoms with Crippen molar-refractivity contribution in [3.63, 3.8) is 0 Å². The number of carbonyl (C=O) groups is 2. The van der Waals surface area contributed by atoms with Gasteiger partial charge in [0.25, 0.3) is 0 Å². The minimum Gasteiger partial charge on any atom is -0.461 e. The summed E-state index contributed by atoms with van der Waals surface area (Å²) < 4.78 is 5.09. The number of anilines is 2. The first kappa shape index (κ1) is 19.6. The molecule has 0 spiro atoms. The van der Waals surface area contributed by atoms with E-state index in [4.69, 9.17) is 4.74 Å². The van der Waals surface area contributed by atoms with Gasteiger partial charge in [-0.25, -0.2) is 4.79 Å². The van der Waals surface area contributed by atoms with Crippen LogP contribution in [0.25, 0.3) is 10.9 Å². The van der Waals surface area contributed by atoms with Crippen LogP contribution in [0.4, 0.5) is 11.4 Å². The molecule has 30 heavy (non-hydrogen) atoms. The first-order valence-electron chi connectivity index (χ1n) is 9.83. The number of hydrazone groups is 1. The van der Waals surface area contributed by atoms with Gasteiger partial charge in [-0.3, -0.25) is 14.8 Å². The summed E-state index contributed by atoms with van der Waals surface area (Å²) >= 11 is 0. The smallest absolute Gasteiger partial charge is 0.354 e. The SMILES string of the molecule is CCOC(=O)C1=NN(c2ccccc2)C(C(=O)Nc2cccc3ccc(C)nc23)C1. The number of hydrogen-bond donors (Lipinski definition) is 1. The van der Waals surface area contributed by atoms with E-state index >= 15 is 0 Å². The van der Waals surface area contributed by atoms with Gasteiger partial charge in [0, 0.05) is 17.5 Å². The van der Waals surface area contributed by atoms with Gasteiger partial charge in [-0.2, -0.15) is 5.10 Å². The van der Waals surface area contributed by atoms with Crippen LogP contribution in [0.5, 0.6) is 0 Å². The molecule has 2 aromatic carbocycles. The van der Waals surface area contributed by atoms with Gasteiger partial charge in [0.05, 0.1) is 23.5 Å². The zero-order chi connectivity index (χ0) is 21.1. The van der Waals surface area contributed by atoms with Crippen molar-refractivity contribution in [1.29, 1.82) is 0 Å². The highest BCUT2D eigenvalue weighted by atomic mass is 16.5. The number of hydrogen-bond acceptors (Lipinski definition) is 6. The number of pyridine rings is 1. The molecule has 0 bridgehead atoms. The Morgan fingerprint density at radius 3 is 2.67 bits per heavy atom. The first-order valence-corrected chi connectivity index (χ1v) is 9.83. The molecule has 0 fully saturated rings. The first-order chi connectivity index (χ1) is 14.6. The number of rotatable bonds is 5. The average Bonchev–Trinajstić information content (AvgIpc) is 3.21. The lowest BCUT2D eigenvalue weighted by Gasteiger charge is -2.23. The van der Waals surface area contributed by atoms with Gasteiger partial charge in [-0.15, -0.1) is 0 Å². The molecular weight excluding hydrogens is 380 g/mol. The van der Waals surface area contributed by atoms with Crippen LogP contribution in [0.3, 0.4) is 0 Å². The fraction of sp³-hybridized carbons (Fsp3) is 0.217. The quantitative estimate of drug-likeness (QED) is 0.658. The minimum atomic E-state index is -0.674. The van der Waals surface area contributed by atoms with Gasteiger partial charge in [0.1, 0.15) is 11.8 Å². The zero-order valence-electron chi connectivity index (χ0n) is 16.8. The predicted molar refractivity (Wildman–Crippen MR) is 117 cm³/mol. The van der Waals surface area contributed by atoms with Crippen molar-refractivity contribution >= 4 is 39.9 Å². The molecule has 1 aliphatic heterocycles. The molecule has 1 atom stereocenters. The highest BCUT2D eigenvalue weighted by molar-refractivity contribution is 6.38. The van der Waals surface area contributed by atoms with Crippen LogP contribution < -0.4 is 10.3 Å². The summed E-state index contributed by atoms with van der Waals surface area (Å²) in [6, 6.07) is 18.2. The van der Waals surface area contributed by atoms with Crippen molar-refractivity contribution in [2.24, 2.45) is 5.10 Å². The molecule has 1 aromatic heterocycles. The van der Waals surface area contributed by atoms with Crippen LogP contribution in [0.1, 0.15) is 19.0 Å². The summed E-state index contributed by atoms with van der Waals surface area (Å²) in [7, 11) is 0. The van der Waals surface area contributed by atoms with Crippen molar-refractivity contribution in [1.82, 2.24) is 4.98 Å². The lowest BCUT2D eigenvalue weighted by Crippen LogP contribution is -2.38. The summed E-state index contributed by atoms with van der Waals surface area (Å²) in [5.74, 6) is -0.770. The maximum atomic E-state index is 13.2. The topological polar surface area (TPSA) is 83.9 Å². The van der Waals surface area contributed by atoms with Gasteiger partial charge < -0.3 is 10.1 Å². The second kappa shape index (κ2) is 8.32. The van der Waals surface area contributed by atoms with Crippen molar-refractivity contribution in [2.45, 2.75) is 26.3 Å². The number of nitrogens with zero attached hydrogens (tertiary/aromatic N) is 3. The lowest BCUT2D eigenvalue weighted by atomic mass is 10.1. The van der Waals surface area contributed by atoms with Crippen molar-refractivity contribution < 1.29 is 14.3 Å². The second-order valence-corrected chi connectivity index (χ2v) is 6.99. The van der Waals surface area contributed by atoms with Crippen LogP contribution in [0, 0.1) is 6.92 Å². The van der Waals surface area contributed by atoms with Crippen LogP contribution in [0.2, 0.25) is 0 Å². The Morgan fingerprint density at radius 1 is 1.10 bits per heavy atom. The Balaban J connectivity index is 1.64. The fourth-order valence-corrected chi connectivity index (χ4v) is 3.43. The van der Waals surface area contributed by atoms with E-state index in [1.165, 1.54) is 0 Å². The number of para-hydroxylation sites is 2.